The van der Waals surface area contributed by atoms with Crippen molar-refractivity contribution in [2.75, 3.05) is 31.2 Å². The molecule has 0 radical (unpaired) electrons. The first-order chi connectivity index (χ1) is 11.0. The van der Waals surface area contributed by atoms with Gasteiger partial charge in [-0.25, -0.2) is 4.90 Å². The molecule has 0 bridgehead atoms. The van der Waals surface area contributed by atoms with Gasteiger partial charge in [0.15, 0.2) is 0 Å². The van der Waals surface area contributed by atoms with Crippen LogP contribution in [0, 0.1) is 17.3 Å². The number of hydrogen-bond donors (Lipinski definition) is 0. The summed E-state index contributed by atoms with van der Waals surface area (Å²) in [4.78, 5) is 29.6. The molecular formula is C18H22N2O3. The molecule has 3 atom stereocenters. The number of anilines is 1. The van der Waals surface area contributed by atoms with Gasteiger partial charge in [0.05, 0.1) is 30.7 Å². The minimum Gasteiger partial charge on any atom is -0.379 e. The summed E-state index contributed by atoms with van der Waals surface area (Å²) in [6, 6.07) is 9.40. The second kappa shape index (κ2) is 5.14. The predicted molar refractivity (Wildman–Crippen MR) is 85.9 cm³/mol. The highest BCUT2D eigenvalue weighted by molar-refractivity contribution is 6.23. The van der Waals surface area contributed by atoms with Gasteiger partial charge in [-0.2, -0.15) is 0 Å². The van der Waals surface area contributed by atoms with Gasteiger partial charge in [0.2, 0.25) is 11.8 Å². The maximum absolute atomic E-state index is 13.0. The van der Waals surface area contributed by atoms with Crippen molar-refractivity contribution in [3.63, 3.8) is 0 Å². The van der Waals surface area contributed by atoms with Crippen molar-refractivity contribution in [2.24, 2.45) is 17.3 Å². The Bertz CT molecular complexity index is 637. The van der Waals surface area contributed by atoms with Crippen LogP contribution in [0.25, 0.3) is 0 Å². The molecule has 2 amide bonds. The molecule has 1 aromatic carbocycles. The Morgan fingerprint density at radius 1 is 1.04 bits per heavy atom. The number of imide groups is 1. The minimum absolute atomic E-state index is 0.0398. The molecule has 122 valence electrons. The van der Waals surface area contributed by atoms with E-state index < -0.39 is 0 Å². The van der Waals surface area contributed by atoms with E-state index in [9.17, 15) is 9.59 Å². The van der Waals surface area contributed by atoms with Gasteiger partial charge in [0.1, 0.15) is 0 Å². The van der Waals surface area contributed by atoms with Crippen LogP contribution in [0.1, 0.15) is 13.8 Å². The lowest BCUT2D eigenvalue weighted by Gasteiger charge is -2.57. The normalized spacial score (nSPS) is 33.5. The number of morpholine rings is 1. The second-order valence-corrected chi connectivity index (χ2v) is 7.27. The zero-order valence-corrected chi connectivity index (χ0v) is 13.6. The summed E-state index contributed by atoms with van der Waals surface area (Å²) in [6.45, 7) is 7.32. The Labute approximate surface area is 136 Å². The molecule has 23 heavy (non-hydrogen) atoms. The average molecular weight is 314 g/mol. The first kappa shape index (κ1) is 14.8. The van der Waals surface area contributed by atoms with Crippen molar-refractivity contribution in [3.05, 3.63) is 30.3 Å². The number of carbonyl (C=O) groups is 2. The molecule has 3 aliphatic rings. The fourth-order valence-electron chi connectivity index (χ4n) is 4.70. The van der Waals surface area contributed by atoms with Crippen LogP contribution in [-0.4, -0.2) is 49.1 Å². The molecule has 0 N–H and O–H groups in total. The largest absolute Gasteiger partial charge is 0.379 e. The van der Waals surface area contributed by atoms with Gasteiger partial charge in [-0.1, -0.05) is 32.0 Å². The predicted octanol–water partition coefficient (Wildman–Crippen LogP) is 1.53. The van der Waals surface area contributed by atoms with E-state index in [2.05, 4.69) is 18.7 Å². The Morgan fingerprint density at radius 3 is 2.35 bits per heavy atom. The summed E-state index contributed by atoms with van der Waals surface area (Å²) in [7, 11) is 0. The topological polar surface area (TPSA) is 49.9 Å². The summed E-state index contributed by atoms with van der Waals surface area (Å²) in [5.41, 5.74) is 0.506. The van der Waals surface area contributed by atoms with Crippen LogP contribution < -0.4 is 4.90 Å². The van der Waals surface area contributed by atoms with Crippen LogP contribution in [-0.2, 0) is 14.3 Å². The van der Waals surface area contributed by atoms with E-state index in [1.54, 1.807) is 0 Å². The smallest absolute Gasteiger partial charge is 0.239 e. The molecule has 1 aromatic rings. The van der Waals surface area contributed by atoms with Crippen LogP contribution in [0.15, 0.2) is 30.3 Å². The average Bonchev–Trinajstić information content (AvgIpc) is 2.78. The van der Waals surface area contributed by atoms with Gasteiger partial charge in [-0.3, -0.25) is 14.5 Å². The number of nitrogens with zero attached hydrogens (tertiary/aromatic N) is 2. The molecule has 1 saturated carbocycles. The van der Waals surface area contributed by atoms with E-state index in [0.717, 1.165) is 13.1 Å². The SMILES string of the molecule is CC1(C)[C@@H]2C(=O)N(c3ccccc3)C(=O)[C@@H]2[C@H]1N1CCOCC1. The molecule has 0 aromatic heterocycles. The number of hydrogen-bond acceptors (Lipinski definition) is 4. The van der Waals surface area contributed by atoms with Crippen molar-refractivity contribution in [1.29, 1.82) is 0 Å². The molecule has 5 nitrogen and oxygen atoms in total. The van der Waals surface area contributed by atoms with E-state index in [0.29, 0.717) is 18.9 Å². The van der Waals surface area contributed by atoms with Crippen molar-refractivity contribution in [3.8, 4) is 0 Å². The standard InChI is InChI=1S/C18H22N2O3/c1-18(2)14-13(15(18)19-8-10-23-11-9-19)16(21)20(17(14)22)12-6-4-3-5-7-12/h3-7,13-15H,8-11H2,1-2H3/t13-,14-,15+/m0/s1. The van der Waals surface area contributed by atoms with Gasteiger partial charge in [-0.05, 0) is 17.5 Å². The summed E-state index contributed by atoms with van der Waals surface area (Å²) in [6.07, 6.45) is 0. The number of fused-ring (bicyclic) bond motifs is 1. The second-order valence-electron chi connectivity index (χ2n) is 7.27. The van der Waals surface area contributed by atoms with E-state index in [1.165, 1.54) is 4.90 Å². The first-order valence-electron chi connectivity index (χ1n) is 8.28. The van der Waals surface area contributed by atoms with Crippen molar-refractivity contribution >= 4 is 17.5 Å². The maximum Gasteiger partial charge on any atom is 0.239 e. The minimum atomic E-state index is -0.212. The van der Waals surface area contributed by atoms with Crippen molar-refractivity contribution in [2.45, 2.75) is 19.9 Å². The molecule has 2 heterocycles. The summed E-state index contributed by atoms with van der Waals surface area (Å²) >= 11 is 0. The monoisotopic (exact) mass is 314 g/mol. The van der Waals surface area contributed by atoms with Crippen molar-refractivity contribution < 1.29 is 14.3 Å². The number of ether oxygens (including phenoxy) is 1. The van der Waals surface area contributed by atoms with Gasteiger partial charge in [0, 0.05) is 19.1 Å². The molecule has 3 fully saturated rings. The maximum atomic E-state index is 13.0. The fourth-order valence-corrected chi connectivity index (χ4v) is 4.70. The summed E-state index contributed by atoms with van der Waals surface area (Å²) in [5, 5.41) is 0. The molecule has 0 spiro atoms. The molecule has 0 unspecified atom stereocenters. The highest BCUT2D eigenvalue weighted by atomic mass is 16.5. The number of carbonyl (C=O) groups excluding carboxylic acids is 2. The van der Waals surface area contributed by atoms with Crippen molar-refractivity contribution in [1.82, 2.24) is 4.90 Å². The fraction of sp³-hybridized carbons (Fsp3) is 0.556. The van der Waals surface area contributed by atoms with Gasteiger partial charge in [0.25, 0.3) is 0 Å². The van der Waals surface area contributed by atoms with E-state index in [1.807, 2.05) is 30.3 Å². The lowest BCUT2D eigenvalue weighted by atomic mass is 9.52. The molecule has 2 aliphatic heterocycles. The number of rotatable bonds is 2. The molecule has 1 aliphatic carbocycles. The Kier molecular flexibility index (Phi) is 3.32. The van der Waals surface area contributed by atoms with E-state index in [4.69, 9.17) is 4.74 Å². The van der Waals surface area contributed by atoms with Crippen LogP contribution in [0.3, 0.4) is 0 Å². The molecule has 4 rings (SSSR count). The highest BCUT2D eigenvalue weighted by Crippen LogP contribution is 2.58. The van der Waals surface area contributed by atoms with E-state index >= 15 is 0 Å². The summed E-state index contributed by atoms with van der Waals surface area (Å²) < 4.78 is 5.43. The number of amides is 2. The van der Waals surface area contributed by atoms with Gasteiger partial charge < -0.3 is 4.74 Å². The Morgan fingerprint density at radius 2 is 1.70 bits per heavy atom. The highest BCUT2D eigenvalue weighted by Gasteiger charge is 2.70. The lowest BCUT2D eigenvalue weighted by Crippen LogP contribution is -2.67. The number of para-hydroxylation sites is 1. The van der Waals surface area contributed by atoms with Gasteiger partial charge in [-0.15, -0.1) is 0 Å². The zero-order chi connectivity index (χ0) is 16.2. The molecule has 5 heteroatoms. The zero-order valence-electron chi connectivity index (χ0n) is 13.6. The Hall–Kier alpha value is -1.72. The summed E-state index contributed by atoms with van der Waals surface area (Å²) in [5.74, 6) is -0.499. The van der Waals surface area contributed by atoms with E-state index in [-0.39, 0.29) is 35.1 Å². The molecule has 2 saturated heterocycles. The van der Waals surface area contributed by atoms with Crippen LogP contribution in [0.4, 0.5) is 5.69 Å². The molecular weight excluding hydrogens is 292 g/mol. The number of benzene rings is 1. The first-order valence-corrected chi connectivity index (χ1v) is 8.28. The third-order valence-corrected chi connectivity index (χ3v) is 5.71. The lowest BCUT2D eigenvalue weighted by molar-refractivity contribution is -0.161. The quantitative estimate of drug-likeness (QED) is 0.777. The van der Waals surface area contributed by atoms with Crippen LogP contribution >= 0.6 is 0 Å². The third-order valence-electron chi connectivity index (χ3n) is 5.71. The van der Waals surface area contributed by atoms with Gasteiger partial charge >= 0.3 is 0 Å². The Balaban J connectivity index is 1.66. The van der Waals surface area contributed by atoms with Crippen LogP contribution in [0.5, 0.6) is 0 Å². The third kappa shape index (κ3) is 2.00. The van der Waals surface area contributed by atoms with Crippen LogP contribution in [0.2, 0.25) is 0 Å².